The summed E-state index contributed by atoms with van der Waals surface area (Å²) in [5.41, 5.74) is 1.94. The zero-order valence-electron chi connectivity index (χ0n) is 12.2. The largest absolute Gasteiger partial charge is 0.311 e. The quantitative estimate of drug-likeness (QED) is 0.847. The Bertz CT molecular complexity index is 545. The Morgan fingerprint density at radius 2 is 2.15 bits per heavy atom. The molecule has 110 valence electrons. The third kappa shape index (κ3) is 4.05. The Morgan fingerprint density at radius 3 is 2.80 bits per heavy atom. The van der Waals surface area contributed by atoms with Crippen molar-refractivity contribution in [3.8, 4) is 0 Å². The van der Waals surface area contributed by atoms with E-state index in [-0.39, 0.29) is 0 Å². The van der Waals surface area contributed by atoms with E-state index in [2.05, 4.69) is 34.6 Å². The maximum absolute atomic E-state index is 5.97. The minimum atomic E-state index is 0.637. The van der Waals surface area contributed by atoms with Crippen LogP contribution in [-0.2, 0) is 19.6 Å². The van der Waals surface area contributed by atoms with Crippen LogP contribution in [0.25, 0.3) is 0 Å². The monoisotopic (exact) mass is 296 g/mol. The van der Waals surface area contributed by atoms with Crippen molar-refractivity contribution in [2.45, 2.75) is 40.4 Å². The van der Waals surface area contributed by atoms with Crippen LogP contribution in [0.4, 0.5) is 0 Å². The van der Waals surface area contributed by atoms with E-state index in [1.807, 2.05) is 22.5 Å². The lowest BCUT2D eigenvalue weighted by Crippen LogP contribution is -2.19. The number of halogens is 1. The average molecular weight is 297 g/mol. The van der Waals surface area contributed by atoms with E-state index in [9.17, 15) is 0 Å². The van der Waals surface area contributed by atoms with E-state index in [0.29, 0.717) is 10.9 Å². The molecule has 2 rings (SSSR count). The van der Waals surface area contributed by atoms with E-state index < -0.39 is 0 Å². The molecule has 20 heavy (non-hydrogen) atoms. The number of rotatable bonds is 7. The van der Waals surface area contributed by atoms with Crippen LogP contribution in [0, 0.1) is 12.8 Å². The molecule has 6 nitrogen and oxygen atoms in total. The second-order valence-corrected chi connectivity index (χ2v) is 5.71. The van der Waals surface area contributed by atoms with Gasteiger partial charge < -0.3 is 5.32 Å². The molecule has 0 unspecified atom stereocenters. The van der Waals surface area contributed by atoms with Crippen molar-refractivity contribution in [2.24, 2.45) is 5.92 Å². The van der Waals surface area contributed by atoms with Gasteiger partial charge in [-0.3, -0.25) is 9.36 Å². The van der Waals surface area contributed by atoms with Gasteiger partial charge in [-0.2, -0.15) is 5.10 Å². The molecule has 0 aromatic carbocycles. The summed E-state index contributed by atoms with van der Waals surface area (Å²) >= 11 is 5.97. The fraction of sp³-hybridized carbons (Fsp3) is 0.615. The number of hydrogen-bond acceptors (Lipinski definition) is 4. The molecule has 0 bridgehead atoms. The van der Waals surface area contributed by atoms with Gasteiger partial charge in [0, 0.05) is 12.7 Å². The SMILES string of the molecule is Cc1c(Cl)cnn1CCn1cc(CNCC(C)C)nn1. The molecule has 2 aromatic rings. The Kier molecular flexibility index (Phi) is 5.14. The van der Waals surface area contributed by atoms with E-state index in [4.69, 9.17) is 11.6 Å². The molecule has 0 atom stereocenters. The summed E-state index contributed by atoms with van der Waals surface area (Å²) in [6.07, 6.45) is 3.63. The van der Waals surface area contributed by atoms with Gasteiger partial charge in [0.25, 0.3) is 0 Å². The van der Waals surface area contributed by atoms with Crippen molar-refractivity contribution in [1.29, 1.82) is 0 Å². The van der Waals surface area contributed by atoms with Crippen molar-refractivity contribution in [3.05, 3.63) is 28.8 Å². The van der Waals surface area contributed by atoms with Gasteiger partial charge in [-0.15, -0.1) is 5.10 Å². The third-order valence-corrected chi connectivity index (χ3v) is 3.40. The molecule has 0 saturated carbocycles. The predicted octanol–water partition coefficient (Wildman–Crippen LogP) is 1.88. The number of nitrogens with zero attached hydrogens (tertiary/aromatic N) is 5. The van der Waals surface area contributed by atoms with Crippen molar-refractivity contribution in [1.82, 2.24) is 30.1 Å². The number of nitrogens with one attached hydrogen (secondary N) is 1. The number of aryl methyl sites for hydroxylation is 2. The minimum absolute atomic E-state index is 0.637. The highest BCUT2D eigenvalue weighted by atomic mass is 35.5. The lowest BCUT2D eigenvalue weighted by molar-refractivity contribution is 0.483. The van der Waals surface area contributed by atoms with Crippen molar-refractivity contribution in [3.63, 3.8) is 0 Å². The van der Waals surface area contributed by atoms with Gasteiger partial charge in [0.15, 0.2) is 0 Å². The van der Waals surface area contributed by atoms with E-state index >= 15 is 0 Å². The van der Waals surface area contributed by atoms with Crippen molar-refractivity contribution in [2.75, 3.05) is 6.54 Å². The molecule has 0 aliphatic rings. The zero-order valence-corrected chi connectivity index (χ0v) is 12.9. The average Bonchev–Trinajstić information content (AvgIpc) is 2.96. The molecule has 7 heteroatoms. The zero-order chi connectivity index (χ0) is 14.5. The van der Waals surface area contributed by atoms with Gasteiger partial charge in [-0.1, -0.05) is 30.7 Å². The summed E-state index contributed by atoms with van der Waals surface area (Å²) in [7, 11) is 0. The van der Waals surface area contributed by atoms with E-state index in [0.717, 1.165) is 37.6 Å². The van der Waals surface area contributed by atoms with Gasteiger partial charge in [-0.05, 0) is 19.4 Å². The van der Waals surface area contributed by atoms with E-state index in [1.54, 1.807) is 6.20 Å². The molecule has 0 spiro atoms. The highest BCUT2D eigenvalue weighted by molar-refractivity contribution is 6.31. The Labute approximate surface area is 124 Å². The summed E-state index contributed by atoms with van der Waals surface area (Å²) < 4.78 is 3.71. The molecule has 2 aromatic heterocycles. The van der Waals surface area contributed by atoms with Gasteiger partial charge in [0.1, 0.15) is 0 Å². The maximum Gasteiger partial charge on any atom is 0.0964 e. The molecule has 2 heterocycles. The van der Waals surface area contributed by atoms with Crippen LogP contribution in [0.3, 0.4) is 0 Å². The first-order valence-electron chi connectivity index (χ1n) is 6.84. The molecule has 1 N–H and O–H groups in total. The van der Waals surface area contributed by atoms with Crippen molar-refractivity contribution < 1.29 is 0 Å². The summed E-state index contributed by atoms with van der Waals surface area (Å²) in [6.45, 7) is 9.53. The lowest BCUT2D eigenvalue weighted by atomic mass is 10.2. The maximum atomic E-state index is 5.97. The topological polar surface area (TPSA) is 60.6 Å². The molecule has 0 saturated heterocycles. The molecule has 0 aliphatic heterocycles. The van der Waals surface area contributed by atoms with Gasteiger partial charge in [0.2, 0.25) is 0 Å². The standard InChI is InChI=1S/C13H21ClN6/c1-10(2)6-15-7-12-9-19(18-17-12)4-5-20-11(3)13(14)8-16-20/h8-10,15H,4-7H2,1-3H3. The summed E-state index contributed by atoms with van der Waals surface area (Å²) in [4.78, 5) is 0. The number of hydrogen-bond donors (Lipinski definition) is 1. The summed E-state index contributed by atoms with van der Waals surface area (Å²) in [6, 6.07) is 0. The predicted molar refractivity (Wildman–Crippen MR) is 78.5 cm³/mol. The highest BCUT2D eigenvalue weighted by Gasteiger charge is 2.05. The first-order chi connectivity index (χ1) is 9.56. The highest BCUT2D eigenvalue weighted by Crippen LogP contribution is 2.12. The number of aromatic nitrogens is 5. The second-order valence-electron chi connectivity index (χ2n) is 5.30. The fourth-order valence-electron chi connectivity index (χ4n) is 1.86. The van der Waals surface area contributed by atoms with Crippen LogP contribution in [0.15, 0.2) is 12.4 Å². The molecule has 0 aliphatic carbocycles. The Hall–Kier alpha value is -1.40. The Balaban J connectivity index is 1.82. The molecular formula is C13H21ClN6. The smallest absolute Gasteiger partial charge is 0.0964 e. The third-order valence-electron chi connectivity index (χ3n) is 3.03. The molecular weight excluding hydrogens is 276 g/mol. The molecule has 0 amide bonds. The van der Waals surface area contributed by atoms with Crippen LogP contribution < -0.4 is 5.32 Å². The van der Waals surface area contributed by atoms with E-state index in [1.165, 1.54) is 0 Å². The first kappa shape index (κ1) is 15.0. The fourth-order valence-corrected chi connectivity index (χ4v) is 2.01. The van der Waals surface area contributed by atoms with Crippen LogP contribution in [0.2, 0.25) is 5.02 Å². The minimum Gasteiger partial charge on any atom is -0.311 e. The van der Waals surface area contributed by atoms with Gasteiger partial charge in [-0.25, -0.2) is 0 Å². The van der Waals surface area contributed by atoms with Crippen LogP contribution in [0.5, 0.6) is 0 Å². The van der Waals surface area contributed by atoms with Crippen LogP contribution in [-0.4, -0.2) is 31.3 Å². The molecule has 0 fully saturated rings. The van der Waals surface area contributed by atoms with Crippen LogP contribution in [0.1, 0.15) is 25.2 Å². The first-order valence-corrected chi connectivity index (χ1v) is 7.21. The van der Waals surface area contributed by atoms with Crippen LogP contribution >= 0.6 is 11.6 Å². The van der Waals surface area contributed by atoms with Crippen molar-refractivity contribution >= 4 is 11.6 Å². The second kappa shape index (κ2) is 6.85. The Morgan fingerprint density at radius 1 is 1.35 bits per heavy atom. The summed E-state index contributed by atoms with van der Waals surface area (Å²) in [5, 5.41) is 16.5. The normalized spacial score (nSPS) is 11.4. The lowest BCUT2D eigenvalue weighted by Gasteiger charge is -2.05. The van der Waals surface area contributed by atoms with Gasteiger partial charge >= 0.3 is 0 Å². The summed E-state index contributed by atoms with van der Waals surface area (Å²) in [5.74, 6) is 0.637. The molecule has 0 radical (unpaired) electrons. The van der Waals surface area contributed by atoms with Gasteiger partial charge in [0.05, 0.1) is 35.7 Å².